The van der Waals surface area contributed by atoms with Gasteiger partial charge in [-0.2, -0.15) is 0 Å². The van der Waals surface area contributed by atoms with Gasteiger partial charge in [-0.3, -0.25) is 9.69 Å². The Morgan fingerprint density at radius 1 is 1.48 bits per heavy atom. The molecular formula is C16H22N4O2S. The zero-order chi connectivity index (χ0) is 16.1. The molecule has 1 aliphatic heterocycles. The van der Waals surface area contributed by atoms with Gasteiger partial charge in [-0.25, -0.2) is 0 Å². The lowest BCUT2D eigenvalue weighted by Crippen LogP contribution is -2.42. The largest absolute Gasteiger partial charge is 0.468 e. The first-order chi connectivity index (χ1) is 11.2. The van der Waals surface area contributed by atoms with Crippen LogP contribution in [0.5, 0.6) is 0 Å². The van der Waals surface area contributed by atoms with Crippen LogP contribution in [0.1, 0.15) is 35.5 Å². The van der Waals surface area contributed by atoms with Gasteiger partial charge in [0.25, 0.3) is 0 Å². The van der Waals surface area contributed by atoms with E-state index in [1.807, 2.05) is 12.1 Å². The van der Waals surface area contributed by atoms with Gasteiger partial charge >= 0.3 is 0 Å². The summed E-state index contributed by atoms with van der Waals surface area (Å²) in [6.07, 6.45) is 4.56. The standard InChI is InChI=1S/C16H22N4O2S/c1-2-14-18-19-15(23-14)9-17-16(21)12-5-3-7-20(10-12)11-13-6-4-8-22-13/h4,6,8,12H,2-3,5,7,9-11H2,1H3,(H,17,21). The number of piperidine rings is 1. The number of carbonyl (C=O) groups is 1. The summed E-state index contributed by atoms with van der Waals surface area (Å²) < 4.78 is 5.39. The van der Waals surface area contributed by atoms with Crippen molar-refractivity contribution in [1.82, 2.24) is 20.4 Å². The zero-order valence-corrected chi connectivity index (χ0v) is 14.1. The summed E-state index contributed by atoms with van der Waals surface area (Å²) in [4.78, 5) is 14.7. The minimum atomic E-state index is 0.0391. The van der Waals surface area contributed by atoms with Gasteiger partial charge in [-0.05, 0) is 37.9 Å². The van der Waals surface area contributed by atoms with Crippen molar-refractivity contribution >= 4 is 17.2 Å². The first kappa shape index (κ1) is 16.1. The van der Waals surface area contributed by atoms with Gasteiger partial charge in [-0.1, -0.05) is 18.3 Å². The van der Waals surface area contributed by atoms with Gasteiger partial charge in [0.15, 0.2) is 0 Å². The van der Waals surface area contributed by atoms with Gasteiger partial charge in [-0.15, -0.1) is 10.2 Å². The molecule has 3 heterocycles. The molecule has 6 nitrogen and oxygen atoms in total. The molecule has 1 unspecified atom stereocenters. The van der Waals surface area contributed by atoms with Crippen LogP contribution in [-0.4, -0.2) is 34.1 Å². The number of nitrogens with one attached hydrogen (secondary N) is 1. The number of aromatic nitrogens is 2. The highest BCUT2D eigenvalue weighted by Crippen LogP contribution is 2.19. The number of carbonyl (C=O) groups excluding carboxylic acids is 1. The fraction of sp³-hybridized carbons (Fsp3) is 0.562. The maximum atomic E-state index is 12.4. The van der Waals surface area contributed by atoms with Crippen LogP contribution in [0.15, 0.2) is 22.8 Å². The lowest BCUT2D eigenvalue weighted by molar-refractivity contribution is -0.127. The molecule has 0 spiro atoms. The molecule has 3 rings (SSSR count). The molecular weight excluding hydrogens is 312 g/mol. The van der Waals surface area contributed by atoms with Crippen molar-refractivity contribution in [2.45, 2.75) is 39.3 Å². The number of amides is 1. The third-order valence-electron chi connectivity index (χ3n) is 4.06. The predicted octanol–water partition coefficient (Wildman–Crippen LogP) is 2.22. The van der Waals surface area contributed by atoms with E-state index in [9.17, 15) is 4.79 Å². The van der Waals surface area contributed by atoms with E-state index in [0.29, 0.717) is 6.54 Å². The van der Waals surface area contributed by atoms with Crippen LogP contribution in [0.4, 0.5) is 0 Å². The summed E-state index contributed by atoms with van der Waals surface area (Å²) in [5, 5.41) is 13.1. The van der Waals surface area contributed by atoms with E-state index in [-0.39, 0.29) is 11.8 Å². The molecule has 124 valence electrons. The van der Waals surface area contributed by atoms with Crippen molar-refractivity contribution in [3.8, 4) is 0 Å². The second-order valence-corrected chi connectivity index (χ2v) is 6.96. The van der Waals surface area contributed by atoms with Crippen LogP contribution in [0.2, 0.25) is 0 Å². The highest BCUT2D eigenvalue weighted by atomic mass is 32.1. The first-order valence-electron chi connectivity index (χ1n) is 8.08. The van der Waals surface area contributed by atoms with Crippen molar-refractivity contribution in [3.63, 3.8) is 0 Å². The average Bonchev–Trinajstić information content (AvgIpc) is 3.24. The molecule has 1 fully saturated rings. The molecule has 0 aliphatic carbocycles. The van der Waals surface area contributed by atoms with E-state index in [0.717, 1.165) is 54.7 Å². The molecule has 0 saturated carbocycles. The average molecular weight is 334 g/mol. The van der Waals surface area contributed by atoms with Crippen molar-refractivity contribution in [2.75, 3.05) is 13.1 Å². The summed E-state index contributed by atoms with van der Waals surface area (Å²) in [5.41, 5.74) is 0. The Hall–Kier alpha value is -1.73. The molecule has 1 atom stereocenters. The van der Waals surface area contributed by atoms with Crippen molar-refractivity contribution in [1.29, 1.82) is 0 Å². The maximum Gasteiger partial charge on any atom is 0.224 e. The van der Waals surface area contributed by atoms with E-state index in [1.54, 1.807) is 17.6 Å². The molecule has 23 heavy (non-hydrogen) atoms. The second kappa shape index (κ2) is 7.70. The number of nitrogens with zero attached hydrogens (tertiary/aromatic N) is 3. The van der Waals surface area contributed by atoms with Gasteiger partial charge in [0.2, 0.25) is 5.91 Å². The monoisotopic (exact) mass is 334 g/mol. The SMILES string of the molecule is CCc1nnc(CNC(=O)C2CCCN(Cc3ccco3)C2)s1. The molecule has 7 heteroatoms. The Morgan fingerprint density at radius 2 is 2.35 bits per heavy atom. The second-order valence-electron chi connectivity index (χ2n) is 5.81. The minimum absolute atomic E-state index is 0.0391. The highest BCUT2D eigenvalue weighted by molar-refractivity contribution is 7.11. The third-order valence-corrected chi connectivity index (χ3v) is 5.13. The topological polar surface area (TPSA) is 71.3 Å². The van der Waals surface area contributed by atoms with Gasteiger partial charge in [0, 0.05) is 6.54 Å². The molecule has 1 N–H and O–H groups in total. The molecule has 0 bridgehead atoms. The lowest BCUT2D eigenvalue weighted by atomic mass is 9.97. The lowest BCUT2D eigenvalue weighted by Gasteiger charge is -2.31. The van der Waals surface area contributed by atoms with Crippen molar-refractivity contribution < 1.29 is 9.21 Å². The van der Waals surface area contributed by atoms with Crippen LogP contribution in [0.3, 0.4) is 0 Å². The maximum absolute atomic E-state index is 12.4. The molecule has 1 saturated heterocycles. The fourth-order valence-corrected chi connectivity index (χ4v) is 3.57. The van der Waals surface area contributed by atoms with Crippen molar-refractivity contribution in [3.05, 3.63) is 34.2 Å². The number of rotatable bonds is 6. The number of hydrogen-bond acceptors (Lipinski definition) is 6. The van der Waals surface area contributed by atoms with Crippen LogP contribution < -0.4 is 5.32 Å². The van der Waals surface area contributed by atoms with Crippen LogP contribution >= 0.6 is 11.3 Å². The molecule has 1 amide bonds. The molecule has 0 radical (unpaired) electrons. The quantitative estimate of drug-likeness (QED) is 0.877. The third kappa shape index (κ3) is 4.39. The fourth-order valence-electron chi connectivity index (χ4n) is 2.85. The number of aryl methyl sites for hydroxylation is 1. The zero-order valence-electron chi connectivity index (χ0n) is 13.3. The molecule has 0 aromatic carbocycles. The highest BCUT2D eigenvalue weighted by Gasteiger charge is 2.26. The van der Waals surface area contributed by atoms with E-state index in [4.69, 9.17) is 4.42 Å². The summed E-state index contributed by atoms with van der Waals surface area (Å²) in [7, 11) is 0. The molecule has 2 aromatic heterocycles. The van der Waals surface area contributed by atoms with E-state index >= 15 is 0 Å². The smallest absolute Gasteiger partial charge is 0.224 e. The Bertz CT molecular complexity index is 626. The summed E-state index contributed by atoms with van der Waals surface area (Å²) in [5.74, 6) is 1.10. The predicted molar refractivity (Wildman–Crippen MR) is 87.8 cm³/mol. The minimum Gasteiger partial charge on any atom is -0.468 e. The summed E-state index contributed by atoms with van der Waals surface area (Å²) >= 11 is 1.57. The van der Waals surface area contributed by atoms with Crippen LogP contribution in [-0.2, 0) is 24.3 Å². The Labute approximate surface area is 139 Å². The number of likely N-dealkylation sites (tertiary alicyclic amines) is 1. The Morgan fingerprint density at radius 3 is 3.09 bits per heavy atom. The molecule has 1 aliphatic rings. The van der Waals surface area contributed by atoms with Gasteiger partial charge in [0.1, 0.15) is 15.8 Å². The summed E-state index contributed by atoms with van der Waals surface area (Å²) in [6.45, 7) is 5.10. The number of hydrogen-bond donors (Lipinski definition) is 1. The first-order valence-corrected chi connectivity index (χ1v) is 8.90. The van der Waals surface area contributed by atoms with Crippen LogP contribution in [0.25, 0.3) is 0 Å². The molecule has 2 aromatic rings. The van der Waals surface area contributed by atoms with E-state index in [2.05, 4.69) is 27.3 Å². The number of furan rings is 1. The Balaban J connectivity index is 1.48. The van der Waals surface area contributed by atoms with E-state index < -0.39 is 0 Å². The van der Waals surface area contributed by atoms with Crippen molar-refractivity contribution in [2.24, 2.45) is 5.92 Å². The normalized spacial score (nSPS) is 18.9. The Kier molecular flexibility index (Phi) is 5.40. The van der Waals surface area contributed by atoms with Gasteiger partial charge < -0.3 is 9.73 Å². The summed E-state index contributed by atoms with van der Waals surface area (Å²) in [6, 6.07) is 3.88. The van der Waals surface area contributed by atoms with Crippen LogP contribution in [0, 0.1) is 5.92 Å². The van der Waals surface area contributed by atoms with Gasteiger partial charge in [0.05, 0.1) is 25.3 Å². The van der Waals surface area contributed by atoms with E-state index in [1.165, 1.54) is 0 Å².